The standard InChI is InChI=1S/3C22H21N2O.3C11H8N.3Ir/c1-12(2)18-11-23-19(10-14(18)4)16-8-6-13(3)20-17-9-7-15(5)24-22(17)25-21(16)20;1-12(2)16-8-9-23-18(11-16)17-7-6-13(3)19-20-14(4)10-15(5)24-22(20)25-21(17)19;1-12(2)18-11-23-19(10-13(18)3)16-7-6-8-17-20-14(4)9-15(5)24-22(20)25-21(16)17;3*1-2-6-10(7-3-1)11-8-4-5-9-12-11;;;/h6-7,9-12H,1-5H3;2*6,8-12H,1-5H3;3*1-6,8-9H;;;/q6*-1;;;/i2*1D3,3D3,4D3,12D;1D3,3D3,12D;;;;;;. The van der Waals surface area contributed by atoms with Crippen LogP contribution in [0.25, 0.3) is 134 Å². The molecule has 0 amide bonds. The van der Waals surface area contributed by atoms with Crippen molar-refractivity contribution in [2.45, 2.75) is 121 Å². The summed E-state index contributed by atoms with van der Waals surface area (Å²) in [6.07, 6.45) is 8.94. The van der Waals surface area contributed by atoms with Crippen LogP contribution < -0.4 is 0 Å². The third-order valence-corrected chi connectivity index (χ3v) is 17.5. The van der Waals surface area contributed by atoms with Gasteiger partial charge in [0.15, 0.2) is 0 Å². The molecule has 15 heteroatoms. The van der Waals surface area contributed by atoms with Crippen LogP contribution in [-0.4, -0.2) is 44.9 Å². The van der Waals surface area contributed by atoms with Crippen LogP contribution in [0.1, 0.15) is 163 Å². The van der Waals surface area contributed by atoms with E-state index >= 15 is 0 Å². The molecular formula is C99H87Ir3N9O3-6. The summed E-state index contributed by atoms with van der Waals surface area (Å²) in [4.78, 5) is 38.6. The van der Waals surface area contributed by atoms with E-state index in [0.717, 1.165) is 68.9 Å². The first-order chi connectivity index (χ1) is 64.5. The van der Waals surface area contributed by atoms with Crippen molar-refractivity contribution in [1.29, 1.82) is 0 Å². The van der Waals surface area contributed by atoms with Crippen molar-refractivity contribution < 1.29 is 111 Å². The second-order valence-corrected chi connectivity index (χ2v) is 25.5. The molecule has 3 atom stereocenters. The number of benzene rings is 6. The average Bonchev–Trinajstić information content (AvgIpc) is 1.48. The molecule has 3 unspecified atom stereocenters. The zero-order valence-corrected chi connectivity index (χ0v) is 69.5. The zero-order chi connectivity index (χ0) is 101. The SMILES string of the molecule is [2H]C([2H])([2H])c1cc(-c2[c-]cc(C([2H])([2H])[2H])c3c2oc2nc(C)ccc23)ncc1C([2H])(C)C([2H])([2H])[2H].[2H]C([2H])([2H])c1cc(-c2[c-]ccc3c2oc2nc(C)cc(C)c23)ncc1C([2H])(C)C([2H])([2H])[2H].[2H]C([2H])([2H])c1cc(C)nc2oc3c(-c4cc(C([2H])(C)C([2H])([2H])[2H])ccn4)[c-]cc(C([2H])([2H])[2H])c3c12.[Ir].[Ir].[Ir].[c-]1ccccc1-c1ccccn1.[c-]1ccccc1-c1ccccn1.[c-]1ccccc1-c1ccccn1. The minimum atomic E-state index is -2.81. The number of nitrogens with zero attached hydrogens (tertiary/aromatic N) is 9. The van der Waals surface area contributed by atoms with Gasteiger partial charge < -0.3 is 43.2 Å². The number of hydrogen-bond acceptors (Lipinski definition) is 12. The predicted octanol–water partition coefficient (Wildman–Crippen LogP) is 25.3. The van der Waals surface area contributed by atoms with Crippen LogP contribution in [-0.2, 0) is 60.3 Å². The van der Waals surface area contributed by atoms with E-state index < -0.39 is 72.5 Å². The van der Waals surface area contributed by atoms with E-state index in [9.17, 15) is 0 Å². The van der Waals surface area contributed by atoms with Gasteiger partial charge in [-0.1, -0.05) is 159 Å². The summed E-state index contributed by atoms with van der Waals surface area (Å²) < 4.78 is 232. The molecule has 0 aliphatic rings. The van der Waals surface area contributed by atoms with E-state index in [2.05, 4.69) is 81.3 Å². The van der Waals surface area contributed by atoms with Gasteiger partial charge in [-0.2, -0.15) is 0 Å². The smallest absolute Gasteiger partial charge is 0.216 e. The van der Waals surface area contributed by atoms with Crippen LogP contribution in [0.5, 0.6) is 0 Å². The maximum atomic E-state index is 8.39. The fourth-order valence-electron chi connectivity index (χ4n) is 12.2. The molecule has 0 saturated heterocycles. The Hall–Kier alpha value is -11.0. The number of furan rings is 3. The summed E-state index contributed by atoms with van der Waals surface area (Å²) in [6, 6.07) is 77.4. The molecule has 114 heavy (non-hydrogen) atoms. The van der Waals surface area contributed by atoms with Gasteiger partial charge >= 0.3 is 0 Å². The first-order valence-corrected chi connectivity index (χ1v) is 34.9. The Kier molecular flexibility index (Phi) is 19.1. The molecule has 18 rings (SSSR count). The second-order valence-electron chi connectivity index (χ2n) is 25.5. The molecule has 0 saturated carbocycles. The molecule has 0 bridgehead atoms. The van der Waals surface area contributed by atoms with Crippen LogP contribution in [0.2, 0.25) is 0 Å². The van der Waals surface area contributed by atoms with Crippen molar-refractivity contribution in [3.8, 4) is 67.5 Å². The fraction of sp³-hybridized carbons (Fsp3) is 0.182. The van der Waals surface area contributed by atoms with Crippen molar-refractivity contribution in [2.24, 2.45) is 0 Å². The monoisotopic (exact) mass is 2060 g/mol. The van der Waals surface area contributed by atoms with E-state index in [1.54, 1.807) is 50.6 Å². The quantitative estimate of drug-likeness (QED) is 0.126. The topological polar surface area (TPSA) is 155 Å². The third kappa shape index (κ3) is 19.8. The first-order valence-electron chi connectivity index (χ1n) is 48.4. The van der Waals surface area contributed by atoms with E-state index in [-0.39, 0.29) is 172 Å². The Balaban J connectivity index is 0.000000183. The zero-order valence-electron chi connectivity index (χ0n) is 89.3. The van der Waals surface area contributed by atoms with Gasteiger partial charge in [0.05, 0.1) is 16.7 Å². The van der Waals surface area contributed by atoms with Crippen molar-refractivity contribution in [1.82, 2.24) is 44.9 Å². The van der Waals surface area contributed by atoms with Gasteiger partial charge in [0.1, 0.15) is 0 Å². The number of hydrogen-bond donors (Lipinski definition) is 0. The van der Waals surface area contributed by atoms with Gasteiger partial charge in [0, 0.05) is 168 Å². The van der Waals surface area contributed by atoms with Crippen molar-refractivity contribution in [3.05, 3.63) is 341 Å². The Morgan fingerprint density at radius 1 is 0.333 bits per heavy atom. The number of pyridine rings is 9. The summed E-state index contributed by atoms with van der Waals surface area (Å²) >= 11 is 0. The molecule has 0 N–H and O–H groups in total. The van der Waals surface area contributed by atoms with Crippen LogP contribution in [0.3, 0.4) is 0 Å². The first kappa shape index (κ1) is 55.5. The van der Waals surface area contributed by atoms with Crippen molar-refractivity contribution >= 4 is 66.2 Å². The molecular weight excluding hydrogens is 1940 g/mol. The molecule has 0 spiro atoms. The maximum Gasteiger partial charge on any atom is 0.216 e. The molecule has 12 nitrogen and oxygen atoms in total. The third-order valence-electron chi connectivity index (χ3n) is 17.5. The summed E-state index contributed by atoms with van der Waals surface area (Å²) in [7, 11) is 0. The van der Waals surface area contributed by atoms with Gasteiger partial charge in [0.25, 0.3) is 0 Å². The number of aromatic nitrogens is 9. The molecule has 579 valence electrons. The average molecular weight is 2050 g/mol. The number of aryl methyl sites for hydroxylation is 9. The summed E-state index contributed by atoms with van der Waals surface area (Å²) in [5, 5.41) is 2.54. The van der Waals surface area contributed by atoms with Crippen LogP contribution in [0, 0.1) is 98.4 Å². The predicted molar refractivity (Wildman–Crippen MR) is 451 cm³/mol. The normalized spacial score (nSPS) is 16.7. The maximum absolute atomic E-state index is 8.39. The molecule has 6 aromatic carbocycles. The van der Waals surface area contributed by atoms with Crippen LogP contribution >= 0.6 is 0 Å². The minimum Gasteiger partial charge on any atom is -0.486 e. The molecule has 12 aromatic heterocycles. The summed E-state index contributed by atoms with van der Waals surface area (Å²) in [6.45, 7) is -10.4. The second kappa shape index (κ2) is 39.2. The molecule has 3 radical (unpaired) electrons. The van der Waals surface area contributed by atoms with E-state index in [1.165, 1.54) is 68.7 Å². The largest absolute Gasteiger partial charge is 0.486 e. The number of fused-ring (bicyclic) bond motifs is 9. The molecule has 18 aromatic rings. The summed E-state index contributed by atoms with van der Waals surface area (Å²) in [5.74, 6) is -6.31. The van der Waals surface area contributed by atoms with Gasteiger partial charge in [-0.3, -0.25) is 0 Å². The Morgan fingerprint density at radius 3 is 1.27 bits per heavy atom. The van der Waals surface area contributed by atoms with Gasteiger partial charge in [-0.15, -0.1) is 161 Å². The van der Waals surface area contributed by atoms with Gasteiger partial charge in [-0.25, -0.2) is 15.0 Å². The Bertz CT molecular complexity index is 7120. The van der Waals surface area contributed by atoms with Gasteiger partial charge in [-0.05, 0) is 171 Å². The fourth-order valence-corrected chi connectivity index (χ4v) is 12.2. The molecule has 12 heterocycles. The minimum absolute atomic E-state index is 0. The van der Waals surface area contributed by atoms with Gasteiger partial charge in [0.2, 0.25) is 17.1 Å². The molecule has 0 fully saturated rings. The Labute approximate surface area is 746 Å². The van der Waals surface area contributed by atoms with Crippen LogP contribution in [0.4, 0.5) is 0 Å². The van der Waals surface area contributed by atoms with Crippen molar-refractivity contribution in [2.75, 3.05) is 0 Å². The van der Waals surface area contributed by atoms with Crippen molar-refractivity contribution in [3.63, 3.8) is 0 Å². The van der Waals surface area contributed by atoms with Crippen LogP contribution in [0.15, 0.2) is 251 Å². The Morgan fingerprint density at radius 2 is 0.781 bits per heavy atom. The van der Waals surface area contributed by atoms with E-state index in [1.807, 2.05) is 153 Å². The number of rotatable bonds is 9. The van der Waals surface area contributed by atoms with E-state index in [0.29, 0.717) is 33.6 Å². The van der Waals surface area contributed by atoms with E-state index in [4.69, 9.17) is 50.3 Å². The molecule has 0 aliphatic carbocycles. The molecule has 0 aliphatic heterocycles. The summed E-state index contributed by atoms with van der Waals surface area (Å²) in [5.41, 5.74) is 10.4.